The molecule has 0 bridgehead atoms. The van der Waals surface area contributed by atoms with Crippen LogP contribution in [0.2, 0.25) is 0 Å². The molecule has 2 heteroatoms. The second kappa shape index (κ2) is 3.49. The van der Waals surface area contributed by atoms with E-state index in [4.69, 9.17) is 5.21 Å². The zero-order valence-corrected chi connectivity index (χ0v) is 8.67. The van der Waals surface area contributed by atoms with Gasteiger partial charge in [0.1, 0.15) is 0 Å². The first-order valence-electron chi connectivity index (χ1n) is 5.27. The van der Waals surface area contributed by atoms with Crippen molar-refractivity contribution in [3.05, 3.63) is 59.7 Å². The maximum absolute atomic E-state index is 8.75. The average Bonchev–Trinajstić information content (AvgIpc) is 2.66. The fraction of sp³-hybridized carbons (Fsp3) is 0.0714. The molecule has 1 N–H and O–H groups in total. The van der Waals surface area contributed by atoms with Gasteiger partial charge in [-0.15, -0.1) is 5.16 Å². The number of hydrogen-bond donors (Lipinski definition) is 1. The highest BCUT2D eigenvalue weighted by Crippen LogP contribution is 2.43. The molecule has 1 aliphatic rings. The summed E-state index contributed by atoms with van der Waals surface area (Å²) in [5.74, 6) is 0.0809. The topological polar surface area (TPSA) is 32.6 Å². The summed E-state index contributed by atoms with van der Waals surface area (Å²) in [7, 11) is 0. The maximum Gasteiger partial charge on any atom is 0.0555 e. The monoisotopic (exact) mass is 209 g/mol. The molecule has 0 aliphatic heterocycles. The second-order valence-electron chi connectivity index (χ2n) is 3.92. The Kier molecular flexibility index (Phi) is 2.00. The summed E-state index contributed by atoms with van der Waals surface area (Å²) in [6.07, 6.45) is 1.59. The lowest BCUT2D eigenvalue weighted by atomic mass is 9.99. The largest absolute Gasteiger partial charge is 0.411 e. The Bertz CT molecular complexity index is 515. The third-order valence-corrected chi connectivity index (χ3v) is 3.10. The van der Waals surface area contributed by atoms with Crippen molar-refractivity contribution in [1.29, 1.82) is 0 Å². The molecule has 2 aromatic carbocycles. The van der Waals surface area contributed by atoms with E-state index in [2.05, 4.69) is 29.4 Å². The fourth-order valence-corrected chi connectivity index (χ4v) is 2.42. The quantitative estimate of drug-likeness (QED) is 0.436. The number of hydrogen-bond acceptors (Lipinski definition) is 2. The minimum atomic E-state index is 0.0809. The van der Waals surface area contributed by atoms with Gasteiger partial charge < -0.3 is 5.21 Å². The van der Waals surface area contributed by atoms with Crippen molar-refractivity contribution in [2.75, 3.05) is 0 Å². The molecule has 3 rings (SSSR count). The molecule has 2 aromatic rings. The van der Waals surface area contributed by atoms with Crippen LogP contribution in [-0.4, -0.2) is 11.4 Å². The summed E-state index contributed by atoms with van der Waals surface area (Å²) in [4.78, 5) is 0. The van der Waals surface area contributed by atoms with Gasteiger partial charge in [0.2, 0.25) is 0 Å². The van der Waals surface area contributed by atoms with Gasteiger partial charge in [0.05, 0.1) is 6.21 Å². The highest BCUT2D eigenvalue weighted by molar-refractivity contribution is 5.89. The van der Waals surface area contributed by atoms with Gasteiger partial charge in [0.25, 0.3) is 0 Å². The Morgan fingerprint density at radius 1 is 0.875 bits per heavy atom. The van der Waals surface area contributed by atoms with E-state index >= 15 is 0 Å². The molecule has 0 radical (unpaired) electrons. The smallest absolute Gasteiger partial charge is 0.0555 e. The molecule has 2 nitrogen and oxygen atoms in total. The Morgan fingerprint density at radius 3 is 1.88 bits per heavy atom. The van der Waals surface area contributed by atoms with Crippen LogP contribution in [-0.2, 0) is 0 Å². The molecule has 0 heterocycles. The molecule has 0 fully saturated rings. The van der Waals surface area contributed by atoms with Crippen molar-refractivity contribution in [3.8, 4) is 11.1 Å². The van der Waals surface area contributed by atoms with Crippen LogP contribution in [0.3, 0.4) is 0 Å². The van der Waals surface area contributed by atoms with Gasteiger partial charge in [0, 0.05) is 5.92 Å². The number of benzene rings is 2. The average molecular weight is 209 g/mol. The van der Waals surface area contributed by atoms with Crippen molar-refractivity contribution in [2.45, 2.75) is 5.92 Å². The van der Waals surface area contributed by atoms with E-state index in [1.54, 1.807) is 6.21 Å². The SMILES string of the molecule is ON=CC1c2ccccc2-c2ccccc21. The second-order valence-corrected chi connectivity index (χ2v) is 3.92. The highest BCUT2D eigenvalue weighted by Gasteiger charge is 2.26. The summed E-state index contributed by atoms with van der Waals surface area (Å²) in [5, 5.41) is 11.9. The molecular weight excluding hydrogens is 198 g/mol. The Labute approximate surface area is 93.9 Å². The first-order chi connectivity index (χ1) is 7.92. The van der Waals surface area contributed by atoms with Crippen LogP contribution >= 0.6 is 0 Å². The Balaban J connectivity index is 2.29. The summed E-state index contributed by atoms with van der Waals surface area (Å²) in [6.45, 7) is 0. The van der Waals surface area contributed by atoms with Gasteiger partial charge in [-0.25, -0.2) is 0 Å². The fourth-order valence-electron chi connectivity index (χ4n) is 2.42. The number of oxime groups is 1. The van der Waals surface area contributed by atoms with Crippen LogP contribution in [0, 0.1) is 0 Å². The van der Waals surface area contributed by atoms with Gasteiger partial charge in [-0.3, -0.25) is 0 Å². The molecule has 1 aliphatic carbocycles. The van der Waals surface area contributed by atoms with E-state index in [0.717, 1.165) is 0 Å². The third-order valence-electron chi connectivity index (χ3n) is 3.10. The van der Waals surface area contributed by atoms with Crippen LogP contribution in [0.1, 0.15) is 17.0 Å². The number of nitrogens with zero attached hydrogens (tertiary/aromatic N) is 1. The molecular formula is C14H11NO. The molecule has 0 atom stereocenters. The van der Waals surface area contributed by atoms with Crippen LogP contribution in [0.5, 0.6) is 0 Å². The van der Waals surface area contributed by atoms with E-state index in [-0.39, 0.29) is 5.92 Å². The van der Waals surface area contributed by atoms with Gasteiger partial charge in [-0.1, -0.05) is 48.5 Å². The predicted molar refractivity (Wildman–Crippen MR) is 64.0 cm³/mol. The lowest BCUT2D eigenvalue weighted by Gasteiger charge is -2.05. The van der Waals surface area contributed by atoms with Gasteiger partial charge in [0.15, 0.2) is 0 Å². The molecule has 0 aromatic heterocycles. The normalized spacial score (nSPS) is 14.0. The van der Waals surface area contributed by atoms with Gasteiger partial charge in [-0.2, -0.15) is 0 Å². The van der Waals surface area contributed by atoms with E-state index < -0.39 is 0 Å². The maximum atomic E-state index is 8.75. The standard InChI is InChI=1S/C14H11NO/c16-15-9-14-12-7-3-1-5-10(12)11-6-2-4-8-13(11)14/h1-9,14,16H. The lowest BCUT2D eigenvalue weighted by molar-refractivity contribution is 0.320. The zero-order chi connectivity index (χ0) is 11.0. The van der Waals surface area contributed by atoms with E-state index in [0.29, 0.717) is 0 Å². The van der Waals surface area contributed by atoms with Crippen molar-refractivity contribution < 1.29 is 5.21 Å². The number of fused-ring (bicyclic) bond motifs is 3. The van der Waals surface area contributed by atoms with E-state index in [1.165, 1.54) is 22.3 Å². The zero-order valence-electron chi connectivity index (χ0n) is 8.67. The van der Waals surface area contributed by atoms with Crippen LogP contribution < -0.4 is 0 Å². The Morgan fingerprint density at radius 2 is 1.38 bits per heavy atom. The molecule has 0 spiro atoms. The van der Waals surface area contributed by atoms with E-state index in [9.17, 15) is 0 Å². The Hall–Kier alpha value is -2.09. The van der Waals surface area contributed by atoms with Gasteiger partial charge >= 0.3 is 0 Å². The summed E-state index contributed by atoms with van der Waals surface area (Å²) < 4.78 is 0. The van der Waals surface area contributed by atoms with Crippen molar-refractivity contribution in [3.63, 3.8) is 0 Å². The first kappa shape index (κ1) is 9.16. The molecule has 0 unspecified atom stereocenters. The summed E-state index contributed by atoms with van der Waals surface area (Å²) in [5.41, 5.74) is 4.90. The minimum absolute atomic E-state index is 0.0809. The first-order valence-corrected chi connectivity index (χ1v) is 5.27. The molecule has 0 saturated heterocycles. The number of rotatable bonds is 1. The predicted octanol–water partition coefficient (Wildman–Crippen LogP) is 3.26. The van der Waals surface area contributed by atoms with E-state index in [1.807, 2.05) is 24.3 Å². The van der Waals surface area contributed by atoms with Crippen LogP contribution in [0.25, 0.3) is 11.1 Å². The minimum Gasteiger partial charge on any atom is -0.411 e. The van der Waals surface area contributed by atoms with Gasteiger partial charge in [-0.05, 0) is 22.3 Å². The van der Waals surface area contributed by atoms with Crippen molar-refractivity contribution in [1.82, 2.24) is 0 Å². The van der Waals surface area contributed by atoms with Crippen molar-refractivity contribution >= 4 is 6.21 Å². The van der Waals surface area contributed by atoms with Crippen LogP contribution in [0.15, 0.2) is 53.7 Å². The third kappa shape index (κ3) is 1.16. The molecule has 0 saturated carbocycles. The van der Waals surface area contributed by atoms with Crippen molar-refractivity contribution in [2.24, 2.45) is 5.16 Å². The lowest BCUT2D eigenvalue weighted by Crippen LogP contribution is -1.97. The highest BCUT2D eigenvalue weighted by atomic mass is 16.4. The summed E-state index contributed by atoms with van der Waals surface area (Å²) >= 11 is 0. The van der Waals surface area contributed by atoms with Crippen LogP contribution in [0.4, 0.5) is 0 Å². The molecule has 16 heavy (non-hydrogen) atoms. The summed E-state index contributed by atoms with van der Waals surface area (Å²) in [6, 6.07) is 16.5. The molecule has 78 valence electrons. The molecule has 0 amide bonds.